The summed E-state index contributed by atoms with van der Waals surface area (Å²) in [6.07, 6.45) is 9.52. The van der Waals surface area contributed by atoms with Crippen LogP contribution in [0, 0.1) is 13.8 Å². The highest BCUT2D eigenvalue weighted by Crippen LogP contribution is 2.21. The quantitative estimate of drug-likeness (QED) is 0.118. The molecule has 5 N–H and O–H groups in total. The molecule has 1 saturated heterocycles. The molecule has 1 aliphatic rings. The standard InChI is InChI=1S/C20H22N6O.C16H15N5/c1-14-11-20(26-25-14)24-19-12-16(17-13-27-10-9-21-17)22-18(23-19)8-7-15-5-3-2-4-6-15;1-12-11-16(21-20-12)19-15-9-10-17-14(18-15)8-7-13-5-3-2-4-6-13/h2-8,11-12,17,21H,9-10,13H2,1H3,(H2,22,23,24,25,26);2-11H,1H3,(H2,17,18,19,20,21)/b2*8-7+. The first-order chi connectivity index (χ1) is 23.6. The Balaban J connectivity index is 0.000000173. The van der Waals surface area contributed by atoms with Crippen molar-refractivity contribution < 1.29 is 4.74 Å². The Hall–Kier alpha value is -5.98. The van der Waals surface area contributed by atoms with Crippen molar-refractivity contribution in [3.05, 3.63) is 131 Å². The number of aromatic amines is 2. The Labute approximate surface area is 278 Å². The van der Waals surface area contributed by atoms with Crippen LogP contribution in [0.25, 0.3) is 24.3 Å². The third kappa shape index (κ3) is 9.52. The molecule has 12 heteroatoms. The minimum Gasteiger partial charge on any atom is -0.378 e. The molecule has 0 saturated carbocycles. The van der Waals surface area contributed by atoms with Gasteiger partial charge in [-0.25, -0.2) is 19.9 Å². The summed E-state index contributed by atoms with van der Waals surface area (Å²) in [4.78, 5) is 18.0. The smallest absolute Gasteiger partial charge is 0.154 e. The average Bonchev–Trinajstić information content (AvgIpc) is 3.74. The highest BCUT2D eigenvalue weighted by atomic mass is 16.5. The average molecular weight is 640 g/mol. The number of aryl methyl sites for hydroxylation is 2. The van der Waals surface area contributed by atoms with E-state index in [4.69, 9.17) is 9.72 Å². The van der Waals surface area contributed by atoms with Gasteiger partial charge in [0.05, 0.1) is 24.9 Å². The van der Waals surface area contributed by atoms with Gasteiger partial charge in [-0.15, -0.1) is 0 Å². The lowest BCUT2D eigenvalue weighted by Gasteiger charge is -2.23. The number of aromatic nitrogens is 8. The van der Waals surface area contributed by atoms with E-state index in [1.165, 1.54) is 0 Å². The van der Waals surface area contributed by atoms with Gasteiger partial charge in [0.15, 0.2) is 23.3 Å². The van der Waals surface area contributed by atoms with E-state index in [9.17, 15) is 0 Å². The van der Waals surface area contributed by atoms with Gasteiger partial charge in [0.2, 0.25) is 0 Å². The fourth-order valence-corrected chi connectivity index (χ4v) is 4.78. The monoisotopic (exact) mass is 639 g/mol. The second kappa shape index (κ2) is 16.0. The van der Waals surface area contributed by atoms with Gasteiger partial charge in [0, 0.05) is 42.3 Å². The maximum atomic E-state index is 5.59. The summed E-state index contributed by atoms with van der Waals surface area (Å²) in [6.45, 7) is 6.04. The minimum atomic E-state index is 0.0482. The number of H-pyrrole nitrogens is 2. The molecule has 7 rings (SSSR count). The van der Waals surface area contributed by atoms with Gasteiger partial charge in [-0.1, -0.05) is 72.8 Å². The van der Waals surface area contributed by atoms with Crippen molar-refractivity contribution in [1.82, 2.24) is 45.6 Å². The van der Waals surface area contributed by atoms with Crippen molar-refractivity contribution in [2.45, 2.75) is 19.9 Å². The predicted molar refractivity (Wildman–Crippen MR) is 190 cm³/mol. The molecule has 48 heavy (non-hydrogen) atoms. The number of rotatable bonds is 9. The second-order valence-electron chi connectivity index (χ2n) is 11.0. The molecule has 6 aromatic rings. The molecule has 2 aromatic carbocycles. The molecule has 0 aliphatic carbocycles. The van der Waals surface area contributed by atoms with Crippen molar-refractivity contribution in [1.29, 1.82) is 0 Å². The Kier molecular flexibility index (Phi) is 10.7. The first kappa shape index (κ1) is 32.0. The number of ether oxygens (including phenoxy) is 1. The van der Waals surface area contributed by atoms with E-state index in [1.54, 1.807) is 6.20 Å². The van der Waals surface area contributed by atoms with Crippen LogP contribution < -0.4 is 16.0 Å². The fraction of sp³-hybridized carbons (Fsp3) is 0.167. The van der Waals surface area contributed by atoms with E-state index >= 15 is 0 Å². The highest BCUT2D eigenvalue weighted by molar-refractivity contribution is 5.68. The molecule has 0 radical (unpaired) electrons. The Morgan fingerprint density at radius 3 is 1.85 bits per heavy atom. The molecule has 1 atom stereocenters. The first-order valence-electron chi connectivity index (χ1n) is 15.6. The highest BCUT2D eigenvalue weighted by Gasteiger charge is 2.18. The molecular weight excluding hydrogens is 602 g/mol. The van der Waals surface area contributed by atoms with E-state index < -0.39 is 0 Å². The lowest BCUT2D eigenvalue weighted by Crippen LogP contribution is -2.35. The largest absolute Gasteiger partial charge is 0.378 e. The van der Waals surface area contributed by atoms with Gasteiger partial charge in [0.25, 0.3) is 0 Å². The second-order valence-corrected chi connectivity index (χ2v) is 11.0. The zero-order valence-electron chi connectivity index (χ0n) is 26.8. The van der Waals surface area contributed by atoms with Crippen molar-refractivity contribution in [3.8, 4) is 0 Å². The maximum Gasteiger partial charge on any atom is 0.154 e. The van der Waals surface area contributed by atoms with Crippen LogP contribution in [0.1, 0.15) is 45.9 Å². The zero-order valence-corrected chi connectivity index (χ0v) is 26.8. The maximum absolute atomic E-state index is 5.59. The summed E-state index contributed by atoms with van der Waals surface area (Å²) in [6, 6.07) is 27.8. The Morgan fingerprint density at radius 1 is 0.667 bits per heavy atom. The third-order valence-corrected chi connectivity index (χ3v) is 7.09. The van der Waals surface area contributed by atoms with Gasteiger partial charge in [-0.3, -0.25) is 10.2 Å². The van der Waals surface area contributed by atoms with Gasteiger partial charge in [0.1, 0.15) is 11.6 Å². The lowest BCUT2D eigenvalue weighted by molar-refractivity contribution is 0.0756. The SMILES string of the molecule is Cc1cc(Nc2cc(C3COCCN3)nc(/C=C/c3ccccc3)n2)n[nH]1.Cc1cc(Nc2ccnc(/C=C/c3ccccc3)n2)n[nH]1. The topological polar surface area (TPSA) is 154 Å². The summed E-state index contributed by atoms with van der Waals surface area (Å²) < 4.78 is 5.59. The van der Waals surface area contributed by atoms with Crippen molar-refractivity contribution in [2.24, 2.45) is 0 Å². The van der Waals surface area contributed by atoms with E-state index in [1.807, 2.05) is 123 Å². The van der Waals surface area contributed by atoms with E-state index in [0.29, 0.717) is 29.9 Å². The molecule has 4 aromatic heterocycles. The zero-order chi connectivity index (χ0) is 33.0. The first-order valence-corrected chi connectivity index (χ1v) is 15.6. The number of benzene rings is 2. The molecule has 0 spiro atoms. The predicted octanol–water partition coefficient (Wildman–Crippen LogP) is 6.51. The molecule has 5 heterocycles. The molecule has 1 unspecified atom stereocenters. The summed E-state index contributed by atoms with van der Waals surface area (Å²) >= 11 is 0. The van der Waals surface area contributed by atoms with Gasteiger partial charge < -0.3 is 20.7 Å². The van der Waals surface area contributed by atoms with Crippen molar-refractivity contribution in [2.75, 3.05) is 30.4 Å². The van der Waals surface area contributed by atoms with Crippen molar-refractivity contribution in [3.63, 3.8) is 0 Å². The molecule has 0 amide bonds. The number of nitrogens with one attached hydrogen (secondary N) is 5. The van der Waals surface area contributed by atoms with Crippen LogP contribution in [0.15, 0.2) is 91.1 Å². The van der Waals surface area contributed by atoms with E-state index in [0.717, 1.165) is 53.0 Å². The minimum absolute atomic E-state index is 0.0482. The Bertz CT molecular complexity index is 1950. The Morgan fingerprint density at radius 2 is 1.27 bits per heavy atom. The fourth-order valence-electron chi connectivity index (χ4n) is 4.78. The number of anilines is 4. The number of hydrogen-bond donors (Lipinski definition) is 5. The van der Waals surface area contributed by atoms with Gasteiger partial charge >= 0.3 is 0 Å². The van der Waals surface area contributed by atoms with Crippen LogP contribution in [0.4, 0.5) is 23.3 Å². The van der Waals surface area contributed by atoms with Gasteiger partial charge in [-0.2, -0.15) is 10.2 Å². The normalized spacial score (nSPS) is 14.5. The molecule has 242 valence electrons. The van der Waals surface area contributed by atoms with Crippen LogP contribution in [0.3, 0.4) is 0 Å². The van der Waals surface area contributed by atoms with E-state index in [2.05, 4.69) is 51.3 Å². The number of morpholine rings is 1. The van der Waals surface area contributed by atoms with Crippen LogP contribution in [0.2, 0.25) is 0 Å². The molecular formula is C36H37N11O. The lowest BCUT2D eigenvalue weighted by atomic mass is 10.1. The van der Waals surface area contributed by atoms with Gasteiger partial charge in [-0.05, 0) is 43.2 Å². The third-order valence-electron chi connectivity index (χ3n) is 7.09. The van der Waals surface area contributed by atoms with Crippen LogP contribution in [-0.2, 0) is 4.74 Å². The van der Waals surface area contributed by atoms with Crippen LogP contribution >= 0.6 is 0 Å². The molecule has 12 nitrogen and oxygen atoms in total. The van der Waals surface area contributed by atoms with Crippen LogP contribution in [-0.4, -0.2) is 60.1 Å². The van der Waals surface area contributed by atoms with Crippen molar-refractivity contribution >= 4 is 47.6 Å². The summed E-state index contributed by atoms with van der Waals surface area (Å²) in [7, 11) is 0. The number of hydrogen-bond acceptors (Lipinski definition) is 10. The molecule has 1 aliphatic heterocycles. The van der Waals surface area contributed by atoms with Crippen LogP contribution in [0.5, 0.6) is 0 Å². The number of nitrogens with zero attached hydrogens (tertiary/aromatic N) is 6. The summed E-state index contributed by atoms with van der Waals surface area (Å²) in [5.74, 6) is 4.16. The summed E-state index contributed by atoms with van der Waals surface area (Å²) in [5.41, 5.74) is 5.09. The summed E-state index contributed by atoms with van der Waals surface area (Å²) in [5, 5.41) is 24.0. The van der Waals surface area contributed by atoms with E-state index in [-0.39, 0.29) is 6.04 Å². The molecule has 0 bridgehead atoms. The molecule has 1 fully saturated rings.